The largest absolute Gasteiger partial charge is 0.248 e. The predicted molar refractivity (Wildman–Crippen MR) is 84.8 cm³/mol. The Morgan fingerprint density at radius 3 is 2.47 bits per heavy atom. The molecule has 3 nitrogen and oxygen atoms in total. The van der Waals surface area contributed by atoms with Crippen LogP contribution in [0, 0.1) is 0 Å². The Bertz CT molecular complexity index is 520. The van der Waals surface area contributed by atoms with E-state index < -0.39 is 0 Å². The van der Waals surface area contributed by atoms with Crippen LogP contribution in [0.25, 0.3) is 0 Å². The zero-order valence-corrected chi connectivity index (χ0v) is 14.2. The van der Waals surface area contributed by atoms with E-state index >= 15 is 0 Å². The minimum absolute atomic E-state index is 0.346. The van der Waals surface area contributed by atoms with Crippen molar-refractivity contribution in [2.75, 3.05) is 5.33 Å². The van der Waals surface area contributed by atoms with E-state index in [1.54, 1.807) is 6.33 Å². The molecule has 0 fully saturated rings. The second-order valence-electron chi connectivity index (χ2n) is 4.82. The normalized spacial score (nSPS) is 12.9. The molecular formula is C14H17Br2N3. The lowest BCUT2D eigenvalue weighted by atomic mass is 9.97. The van der Waals surface area contributed by atoms with Crippen molar-refractivity contribution in [2.45, 2.75) is 32.2 Å². The first kappa shape index (κ1) is 14.7. The van der Waals surface area contributed by atoms with Crippen LogP contribution in [0.15, 0.2) is 35.1 Å². The Morgan fingerprint density at radius 2 is 1.89 bits per heavy atom. The van der Waals surface area contributed by atoms with Crippen molar-refractivity contribution in [3.05, 3.63) is 46.5 Å². The van der Waals surface area contributed by atoms with Gasteiger partial charge in [0.25, 0.3) is 0 Å². The molecule has 0 aliphatic carbocycles. The van der Waals surface area contributed by atoms with Gasteiger partial charge in [-0.15, -0.1) is 0 Å². The van der Waals surface area contributed by atoms with Gasteiger partial charge in [0.15, 0.2) is 0 Å². The van der Waals surface area contributed by atoms with Gasteiger partial charge in [-0.2, -0.15) is 5.10 Å². The van der Waals surface area contributed by atoms with Gasteiger partial charge in [-0.3, -0.25) is 0 Å². The van der Waals surface area contributed by atoms with E-state index in [0.717, 1.165) is 22.0 Å². The molecular weight excluding hydrogens is 370 g/mol. The molecule has 0 bridgehead atoms. The fourth-order valence-electron chi connectivity index (χ4n) is 2.07. The summed E-state index contributed by atoms with van der Waals surface area (Å²) < 4.78 is 3.10. The van der Waals surface area contributed by atoms with Gasteiger partial charge in [-0.25, -0.2) is 9.67 Å². The molecule has 19 heavy (non-hydrogen) atoms. The van der Waals surface area contributed by atoms with Crippen LogP contribution in [0.4, 0.5) is 0 Å². The summed E-state index contributed by atoms with van der Waals surface area (Å²) in [6, 6.07) is 8.83. The molecule has 1 heterocycles. The molecule has 0 amide bonds. The average molecular weight is 387 g/mol. The van der Waals surface area contributed by atoms with Crippen LogP contribution in [0.1, 0.15) is 37.2 Å². The number of hydrogen-bond donors (Lipinski definition) is 0. The summed E-state index contributed by atoms with van der Waals surface area (Å²) in [7, 11) is 0. The van der Waals surface area contributed by atoms with Gasteiger partial charge >= 0.3 is 0 Å². The van der Waals surface area contributed by atoms with Gasteiger partial charge in [0, 0.05) is 28.2 Å². The van der Waals surface area contributed by atoms with Gasteiger partial charge < -0.3 is 0 Å². The number of benzene rings is 1. The van der Waals surface area contributed by atoms with Crippen LogP contribution in [0.3, 0.4) is 0 Å². The first-order chi connectivity index (χ1) is 9.11. The lowest BCUT2D eigenvalue weighted by molar-refractivity contribution is 0.497. The van der Waals surface area contributed by atoms with Crippen molar-refractivity contribution >= 4 is 31.9 Å². The zero-order chi connectivity index (χ0) is 13.8. The Morgan fingerprint density at radius 1 is 1.21 bits per heavy atom. The van der Waals surface area contributed by atoms with Gasteiger partial charge in [0.1, 0.15) is 12.2 Å². The molecule has 2 rings (SSSR count). The number of alkyl halides is 1. The minimum atomic E-state index is 0.346. The summed E-state index contributed by atoms with van der Waals surface area (Å²) in [5, 5.41) is 5.21. The van der Waals surface area contributed by atoms with Crippen LogP contribution < -0.4 is 0 Å². The maximum atomic E-state index is 4.39. The Hall–Kier alpha value is -0.680. The summed E-state index contributed by atoms with van der Waals surface area (Å²) in [5.41, 5.74) is 1.32. The molecule has 0 radical (unpaired) electrons. The molecule has 1 atom stereocenters. The number of hydrogen-bond acceptors (Lipinski definition) is 2. The van der Waals surface area contributed by atoms with Crippen molar-refractivity contribution in [1.29, 1.82) is 0 Å². The molecule has 0 spiro atoms. The molecule has 0 saturated carbocycles. The molecule has 5 heteroatoms. The van der Waals surface area contributed by atoms with Gasteiger partial charge in [-0.05, 0) is 31.5 Å². The highest BCUT2D eigenvalue weighted by Gasteiger charge is 2.16. The lowest BCUT2D eigenvalue weighted by Crippen LogP contribution is -2.13. The lowest BCUT2D eigenvalue weighted by Gasteiger charge is -2.16. The van der Waals surface area contributed by atoms with Crippen molar-refractivity contribution in [2.24, 2.45) is 0 Å². The van der Waals surface area contributed by atoms with Gasteiger partial charge in [0.05, 0.1) is 0 Å². The monoisotopic (exact) mass is 385 g/mol. The van der Waals surface area contributed by atoms with E-state index in [9.17, 15) is 0 Å². The molecule has 2 aromatic rings. The van der Waals surface area contributed by atoms with E-state index in [1.807, 2.05) is 4.68 Å². The predicted octanol–water partition coefficient (Wildman–Crippen LogP) is 4.34. The summed E-state index contributed by atoms with van der Waals surface area (Å²) in [6.07, 6.45) is 2.53. The molecule has 1 unspecified atom stereocenters. The second kappa shape index (κ2) is 6.66. The van der Waals surface area contributed by atoms with E-state index in [0.29, 0.717) is 12.0 Å². The minimum Gasteiger partial charge on any atom is -0.248 e. The van der Waals surface area contributed by atoms with Crippen molar-refractivity contribution in [3.8, 4) is 0 Å². The fraction of sp³-hybridized carbons (Fsp3) is 0.429. The number of aromatic nitrogens is 3. The third kappa shape index (κ3) is 3.66. The Kier molecular flexibility index (Phi) is 5.16. The van der Waals surface area contributed by atoms with Crippen LogP contribution in [0.2, 0.25) is 0 Å². The molecule has 1 aromatic carbocycles. The molecule has 0 aliphatic heterocycles. The number of rotatable bonds is 5. The van der Waals surface area contributed by atoms with Crippen LogP contribution >= 0.6 is 31.9 Å². The zero-order valence-electron chi connectivity index (χ0n) is 11.1. The number of halogens is 2. The molecule has 102 valence electrons. The molecule has 0 saturated heterocycles. The summed E-state index contributed by atoms with van der Waals surface area (Å²) in [5.74, 6) is 1.46. The van der Waals surface area contributed by atoms with E-state index in [2.05, 4.69) is 80.1 Å². The second-order valence-corrected chi connectivity index (χ2v) is 6.38. The third-order valence-electron chi connectivity index (χ3n) is 3.09. The van der Waals surface area contributed by atoms with Gasteiger partial charge in [0.2, 0.25) is 0 Å². The first-order valence-corrected chi connectivity index (χ1v) is 8.23. The standard InChI is InChI=1S/C14H17Br2N3/c1-10(2)19-14(17-9-18-19)7-12(8-15)11-3-5-13(16)6-4-11/h3-6,9-10,12H,7-8H2,1-2H3. The first-order valence-electron chi connectivity index (χ1n) is 6.31. The van der Waals surface area contributed by atoms with Crippen LogP contribution in [-0.4, -0.2) is 20.1 Å². The maximum absolute atomic E-state index is 4.39. The summed E-state index contributed by atoms with van der Waals surface area (Å²) in [6.45, 7) is 4.25. The van der Waals surface area contributed by atoms with Gasteiger partial charge in [-0.1, -0.05) is 44.0 Å². The fourth-order valence-corrected chi connectivity index (χ4v) is 2.94. The van der Waals surface area contributed by atoms with E-state index in [-0.39, 0.29) is 0 Å². The Labute approximate surface area is 130 Å². The number of nitrogens with zero attached hydrogens (tertiary/aromatic N) is 3. The van der Waals surface area contributed by atoms with Crippen molar-refractivity contribution in [1.82, 2.24) is 14.8 Å². The van der Waals surface area contributed by atoms with Crippen LogP contribution in [-0.2, 0) is 6.42 Å². The Balaban J connectivity index is 2.19. The highest BCUT2D eigenvalue weighted by molar-refractivity contribution is 9.10. The SMILES string of the molecule is CC(C)n1ncnc1CC(CBr)c1ccc(Br)cc1. The molecule has 1 aromatic heterocycles. The summed E-state index contributed by atoms with van der Waals surface area (Å²) >= 11 is 7.08. The van der Waals surface area contributed by atoms with E-state index in [4.69, 9.17) is 0 Å². The van der Waals surface area contributed by atoms with Crippen molar-refractivity contribution < 1.29 is 0 Å². The topological polar surface area (TPSA) is 30.7 Å². The van der Waals surface area contributed by atoms with Crippen LogP contribution in [0.5, 0.6) is 0 Å². The van der Waals surface area contributed by atoms with Crippen molar-refractivity contribution in [3.63, 3.8) is 0 Å². The third-order valence-corrected chi connectivity index (χ3v) is 4.40. The average Bonchev–Trinajstić information content (AvgIpc) is 2.85. The van der Waals surface area contributed by atoms with E-state index in [1.165, 1.54) is 5.56 Å². The smallest absolute Gasteiger partial charge is 0.138 e. The quantitative estimate of drug-likeness (QED) is 0.715. The maximum Gasteiger partial charge on any atom is 0.138 e. The highest BCUT2D eigenvalue weighted by Crippen LogP contribution is 2.24. The summed E-state index contributed by atoms with van der Waals surface area (Å²) in [4.78, 5) is 4.39. The highest BCUT2D eigenvalue weighted by atomic mass is 79.9. The molecule has 0 N–H and O–H groups in total. The molecule has 0 aliphatic rings.